The first-order chi connectivity index (χ1) is 10.6. The maximum atomic E-state index is 13.3. The van der Waals surface area contributed by atoms with E-state index < -0.39 is 0 Å². The standard InChI is InChI=1S/C17H15FN2O2/c1-10-12-9-11(18)7-8-13(12)19-16(10)17(21)20-14-5-3-4-6-15(14)22-2/h3-9,19H,1-2H3,(H,20,21). The molecule has 1 aromatic heterocycles. The highest BCUT2D eigenvalue weighted by molar-refractivity contribution is 6.08. The highest BCUT2D eigenvalue weighted by Crippen LogP contribution is 2.26. The second-order valence-electron chi connectivity index (χ2n) is 4.97. The van der Waals surface area contributed by atoms with E-state index >= 15 is 0 Å². The number of benzene rings is 2. The lowest BCUT2D eigenvalue weighted by Crippen LogP contribution is -2.14. The van der Waals surface area contributed by atoms with Gasteiger partial charge in [-0.05, 0) is 42.8 Å². The van der Waals surface area contributed by atoms with Crippen LogP contribution in [0.5, 0.6) is 5.75 Å². The number of amides is 1. The van der Waals surface area contributed by atoms with E-state index in [0.29, 0.717) is 28.1 Å². The minimum Gasteiger partial charge on any atom is -0.495 e. The normalized spacial score (nSPS) is 10.7. The van der Waals surface area contributed by atoms with Crippen LogP contribution in [0, 0.1) is 12.7 Å². The summed E-state index contributed by atoms with van der Waals surface area (Å²) >= 11 is 0. The van der Waals surface area contributed by atoms with Crippen molar-refractivity contribution >= 4 is 22.5 Å². The third kappa shape index (κ3) is 2.41. The van der Waals surface area contributed by atoms with Gasteiger partial charge in [0.15, 0.2) is 0 Å². The summed E-state index contributed by atoms with van der Waals surface area (Å²) in [4.78, 5) is 15.5. The number of fused-ring (bicyclic) bond motifs is 1. The molecule has 0 unspecified atom stereocenters. The molecule has 0 atom stereocenters. The number of aromatic nitrogens is 1. The summed E-state index contributed by atoms with van der Waals surface area (Å²) in [6.45, 7) is 1.79. The lowest BCUT2D eigenvalue weighted by atomic mass is 10.1. The van der Waals surface area contributed by atoms with Crippen LogP contribution in [0.25, 0.3) is 10.9 Å². The van der Waals surface area contributed by atoms with Crippen molar-refractivity contribution in [2.45, 2.75) is 6.92 Å². The number of carbonyl (C=O) groups excluding carboxylic acids is 1. The minimum atomic E-state index is -0.328. The number of methoxy groups -OCH3 is 1. The van der Waals surface area contributed by atoms with Gasteiger partial charge >= 0.3 is 0 Å². The van der Waals surface area contributed by atoms with Crippen LogP contribution in [0.15, 0.2) is 42.5 Å². The van der Waals surface area contributed by atoms with Gasteiger partial charge in [-0.2, -0.15) is 0 Å². The second-order valence-corrected chi connectivity index (χ2v) is 4.97. The maximum Gasteiger partial charge on any atom is 0.272 e. The molecule has 2 N–H and O–H groups in total. The monoisotopic (exact) mass is 298 g/mol. The molecule has 2 aromatic carbocycles. The predicted molar refractivity (Wildman–Crippen MR) is 83.9 cm³/mol. The van der Waals surface area contributed by atoms with Crippen LogP contribution in [0.1, 0.15) is 16.1 Å². The lowest BCUT2D eigenvalue weighted by Gasteiger charge is -2.09. The molecule has 0 aliphatic heterocycles. The zero-order valence-electron chi connectivity index (χ0n) is 12.2. The van der Waals surface area contributed by atoms with Crippen LogP contribution in [0.4, 0.5) is 10.1 Å². The highest BCUT2D eigenvalue weighted by Gasteiger charge is 2.16. The molecule has 1 amide bonds. The summed E-state index contributed by atoms with van der Waals surface area (Å²) in [6.07, 6.45) is 0. The molecule has 1 heterocycles. The van der Waals surface area contributed by atoms with Crippen LogP contribution in [0.2, 0.25) is 0 Å². The molecule has 0 bridgehead atoms. The maximum absolute atomic E-state index is 13.3. The lowest BCUT2D eigenvalue weighted by molar-refractivity contribution is 0.102. The Hall–Kier alpha value is -2.82. The van der Waals surface area contributed by atoms with Crippen molar-refractivity contribution in [3.05, 3.63) is 59.5 Å². The number of ether oxygens (including phenoxy) is 1. The van der Waals surface area contributed by atoms with Crippen molar-refractivity contribution in [3.63, 3.8) is 0 Å². The van der Waals surface area contributed by atoms with Crippen molar-refractivity contribution in [3.8, 4) is 5.75 Å². The Labute approximate surface area is 126 Å². The van der Waals surface area contributed by atoms with Crippen molar-refractivity contribution in [2.75, 3.05) is 12.4 Å². The number of para-hydroxylation sites is 2. The largest absolute Gasteiger partial charge is 0.495 e. The third-order valence-corrected chi connectivity index (χ3v) is 3.60. The van der Waals surface area contributed by atoms with E-state index in [-0.39, 0.29) is 11.7 Å². The number of aryl methyl sites for hydroxylation is 1. The van der Waals surface area contributed by atoms with Crippen LogP contribution < -0.4 is 10.1 Å². The first-order valence-electron chi connectivity index (χ1n) is 6.82. The highest BCUT2D eigenvalue weighted by atomic mass is 19.1. The van der Waals surface area contributed by atoms with Crippen LogP contribution >= 0.6 is 0 Å². The van der Waals surface area contributed by atoms with Gasteiger partial charge in [0, 0.05) is 10.9 Å². The minimum absolute atomic E-state index is 0.293. The molecule has 5 heteroatoms. The molecule has 0 radical (unpaired) electrons. The predicted octanol–water partition coefficient (Wildman–Crippen LogP) is 3.88. The van der Waals surface area contributed by atoms with Gasteiger partial charge in [-0.25, -0.2) is 4.39 Å². The van der Waals surface area contributed by atoms with E-state index in [2.05, 4.69) is 10.3 Å². The molecule has 0 aliphatic rings. The summed E-state index contributed by atoms with van der Waals surface area (Å²) in [5.74, 6) is -0.0412. The van der Waals surface area contributed by atoms with Gasteiger partial charge in [0.2, 0.25) is 0 Å². The summed E-state index contributed by atoms with van der Waals surface area (Å²) in [7, 11) is 1.54. The zero-order valence-corrected chi connectivity index (χ0v) is 12.2. The van der Waals surface area contributed by atoms with Gasteiger partial charge in [-0.15, -0.1) is 0 Å². The molecule has 112 valence electrons. The molecule has 0 aliphatic carbocycles. The SMILES string of the molecule is COc1ccccc1NC(=O)c1[nH]c2ccc(F)cc2c1C. The molecule has 4 nitrogen and oxygen atoms in total. The number of nitrogens with one attached hydrogen (secondary N) is 2. The Morgan fingerprint density at radius 1 is 1.23 bits per heavy atom. The van der Waals surface area contributed by atoms with Gasteiger partial charge in [0.05, 0.1) is 12.8 Å². The topological polar surface area (TPSA) is 54.1 Å². The Bertz CT molecular complexity index is 855. The molecule has 3 aromatic rings. The first-order valence-corrected chi connectivity index (χ1v) is 6.82. The average molecular weight is 298 g/mol. The number of hydrogen-bond acceptors (Lipinski definition) is 2. The van der Waals surface area contributed by atoms with Crippen LogP contribution in [-0.4, -0.2) is 18.0 Å². The third-order valence-electron chi connectivity index (χ3n) is 3.60. The molecular formula is C17H15FN2O2. The smallest absolute Gasteiger partial charge is 0.272 e. The Morgan fingerprint density at radius 3 is 2.77 bits per heavy atom. The van der Waals surface area contributed by atoms with E-state index in [0.717, 1.165) is 5.52 Å². The molecule has 0 fully saturated rings. The number of H-pyrrole nitrogens is 1. The van der Waals surface area contributed by atoms with E-state index in [1.54, 1.807) is 32.2 Å². The fraction of sp³-hybridized carbons (Fsp3) is 0.118. The van der Waals surface area contributed by atoms with Gasteiger partial charge in [-0.3, -0.25) is 4.79 Å². The van der Waals surface area contributed by atoms with Crippen LogP contribution in [0.3, 0.4) is 0 Å². The van der Waals surface area contributed by atoms with Gasteiger partial charge in [0.25, 0.3) is 5.91 Å². The van der Waals surface area contributed by atoms with Gasteiger partial charge in [-0.1, -0.05) is 12.1 Å². The Kier molecular flexibility index (Phi) is 3.55. The first kappa shape index (κ1) is 14.1. The summed E-state index contributed by atoms with van der Waals surface area (Å²) in [5, 5.41) is 3.50. The van der Waals surface area contributed by atoms with E-state index in [4.69, 9.17) is 4.74 Å². The van der Waals surface area contributed by atoms with Crippen LogP contribution in [-0.2, 0) is 0 Å². The van der Waals surface area contributed by atoms with E-state index in [1.165, 1.54) is 12.1 Å². The van der Waals surface area contributed by atoms with E-state index in [1.807, 2.05) is 12.1 Å². The fourth-order valence-electron chi connectivity index (χ4n) is 2.46. The molecule has 0 saturated carbocycles. The molecule has 22 heavy (non-hydrogen) atoms. The Morgan fingerprint density at radius 2 is 2.00 bits per heavy atom. The average Bonchev–Trinajstić information content (AvgIpc) is 2.85. The summed E-state index contributed by atoms with van der Waals surface area (Å²) in [5.41, 5.74) is 2.43. The fourth-order valence-corrected chi connectivity index (χ4v) is 2.46. The van der Waals surface area contributed by atoms with Crippen molar-refractivity contribution in [1.29, 1.82) is 0 Å². The zero-order chi connectivity index (χ0) is 15.7. The number of rotatable bonds is 3. The number of hydrogen-bond donors (Lipinski definition) is 2. The number of aromatic amines is 1. The molecule has 0 spiro atoms. The van der Waals surface area contributed by atoms with E-state index in [9.17, 15) is 9.18 Å². The van der Waals surface area contributed by atoms with Gasteiger partial charge < -0.3 is 15.0 Å². The second kappa shape index (κ2) is 5.52. The quantitative estimate of drug-likeness (QED) is 0.771. The number of halogens is 1. The molecular weight excluding hydrogens is 283 g/mol. The summed E-state index contributed by atoms with van der Waals surface area (Å²) < 4.78 is 18.6. The Balaban J connectivity index is 1.97. The van der Waals surface area contributed by atoms with Crippen molar-refractivity contribution < 1.29 is 13.9 Å². The molecule has 3 rings (SSSR count). The summed E-state index contributed by atoms with van der Waals surface area (Å²) in [6, 6.07) is 11.6. The number of carbonyl (C=O) groups is 1. The van der Waals surface area contributed by atoms with Gasteiger partial charge in [0.1, 0.15) is 17.3 Å². The van der Waals surface area contributed by atoms with Crippen molar-refractivity contribution in [1.82, 2.24) is 4.98 Å². The number of anilines is 1. The van der Waals surface area contributed by atoms with Crippen molar-refractivity contribution in [2.24, 2.45) is 0 Å². The molecule has 0 saturated heterocycles.